The molecular formula is C21H19Cl2NO2S. The van der Waals surface area contributed by atoms with Gasteiger partial charge in [-0.05, 0) is 73.2 Å². The molecule has 27 heavy (non-hydrogen) atoms. The Bertz CT molecular complexity index is 998. The first-order valence-electron chi connectivity index (χ1n) is 8.38. The topological polar surface area (TPSA) is 38.3 Å². The molecule has 0 bridgehead atoms. The summed E-state index contributed by atoms with van der Waals surface area (Å²) in [5, 5.41) is 5.61. The lowest BCUT2D eigenvalue weighted by atomic mass is 10.1. The standard InChI is InChI=1S/C21H19Cl2NO2S/c1-12-6-13(2)14(3)19(7-12)26-10-15-8-20(27-11-15)21(25)24-16-4-5-17(22)18(23)9-16/h4-9,11H,10H2,1-3H3,(H,24,25). The van der Waals surface area contributed by atoms with Gasteiger partial charge in [-0.2, -0.15) is 0 Å². The van der Waals surface area contributed by atoms with Gasteiger partial charge in [-0.3, -0.25) is 4.79 Å². The minimum Gasteiger partial charge on any atom is -0.489 e. The minimum absolute atomic E-state index is 0.188. The van der Waals surface area contributed by atoms with Crippen LogP contribution in [0.1, 0.15) is 31.9 Å². The van der Waals surface area contributed by atoms with Crippen LogP contribution >= 0.6 is 34.5 Å². The summed E-state index contributed by atoms with van der Waals surface area (Å²) in [5.74, 6) is 0.688. The fraction of sp³-hybridized carbons (Fsp3) is 0.190. The van der Waals surface area contributed by atoms with Crippen molar-refractivity contribution in [1.82, 2.24) is 0 Å². The highest BCUT2D eigenvalue weighted by Gasteiger charge is 2.12. The van der Waals surface area contributed by atoms with Gasteiger partial charge in [0.2, 0.25) is 0 Å². The van der Waals surface area contributed by atoms with Gasteiger partial charge in [0.25, 0.3) is 5.91 Å². The molecule has 1 aromatic heterocycles. The molecule has 0 fully saturated rings. The van der Waals surface area contributed by atoms with E-state index in [4.69, 9.17) is 27.9 Å². The van der Waals surface area contributed by atoms with E-state index in [1.165, 1.54) is 22.5 Å². The average molecular weight is 420 g/mol. The molecular weight excluding hydrogens is 401 g/mol. The minimum atomic E-state index is -0.188. The Hall–Kier alpha value is -2.01. The molecule has 0 aliphatic carbocycles. The molecule has 0 atom stereocenters. The summed E-state index contributed by atoms with van der Waals surface area (Å²) in [5.41, 5.74) is 5.06. The number of benzene rings is 2. The maximum Gasteiger partial charge on any atom is 0.265 e. The largest absolute Gasteiger partial charge is 0.489 e. The van der Waals surface area contributed by atoms with Crippen LogP contribution in [0.2, 0.25) is 10.0 Å². The Morgan fingerprint density at radius 2 is 1.85 bits per heavy atom. The van der Waals surface area contributed by atoms with E-state index in [1.807, 2.05) is 24.4 Å². The van der Waals surface area contributed by atoms with Gasteiger partial charge in [0.15, 0.2) is 0 Å². The molecule has 3 rings (SSSR count). The third-order valence-corrected chi connectivity index (χ3v) is 5.93. The van der Waals surface area contributed by atoms with E-state index < -0.39 is 0 Å². The number of hydrogen-bond donors (Lipinski definition) is 1. The number of anilines is 1. The smallest absolute Gasteiger partial charge is 0.265 e. The quantitative estimate of drug-likeness (QED) is 0.492. The van der Waals surface area contributed by atoms with E-state index >= 15 is 0 Å². The number of nitrogens with one attached hydrogen (secondary N) is 1. The van der Waals surface area contributed by atoms with Gasteiger partial charge in [-0.15, -0.1) is 11.3 Å². The summed E-state index contributed by atoms with van der Waals surface area (Å²) in [4.78, 5) is 13.0. The summed E-state index contributed by atoms with van der Waals surface area (Å²) in [7, 11) is 0. The van der Waals surface area contributed by atoms with Gasteiger partial charge in [0.1, 0.15) is 12.4 Å². The van der Waals surface area contributed by atoms with E-state index in [1.54, 1.807) is 18.2 Å². The highest BCUT2D eigenvalue weighted by atomic mass is 35.5. The van der Waals surface area contributed by atoms with Crippen molar-refractivity contribution >= 4 is 46.1 Å². The van der Waals surface area contributed by atoms with Gasteiger partial charge in [-0.25, -0.2) is 0 Å². The van der Waals surface area contributed by atoms with Crippen LogP contribution in [0, 0.1) is 20.8 Å². The summed E-state index contributed by atoms with van der Waals surface area (Å²) in [6.45, 7) is 6.59. The molecule has 0 saturated carbocycles. The zero-order chi connectivity index (χ0) is 19.6. The molecule has 1 amide bonds. The van der Waals surface area contributed by atoms with Crippen molar-refractivity contribution < 1.29 is 9.53 Å². The zero-order valence-corrected chi connectivity index (χ0v) is 17.6. The first-order chi connectivity index (χ1) is 12.8. The molecule has 0 spiro atoms. The summed E-state index contributed by atoms with van der Waals surface area (Å²) >= 11 is 13.3. The predicted octanol–water partition coefficient (Wildman–Crippen LogP) is 6.81. The van der Waals surface area contributed by atoms with Crippen LogP contribution in [0.5, 0.6) is 5.75 Å². The van der Waals surface area contributed by atoms with E-state index in [2.05, 4.69) is 25.2 Å². The number of hydrogen-bond acceptors (Lipinski definition) is 3. The van der Waals surface area contributed by atoms with E-state index in [-0.39, 0.29) is 5.91 Å². The van der Waals surface area contributed by atoms with Crippen molar-refractivity contribution in [1.29, 1.82) is 0 Å². The van der Waals surface area contributed by atoms with Crippen LogP contribution in [0.3, 0.4) is 0 Å². The maximum atomic E-state index is 12.4. The van der Waals surface area contributed by atoms with Crippen molar-refractivity contribution in [2.75, 3.05) is 5.32 Å². The molecule has 6 heteroatoms. The molecule has 1 heterocycles. The zero-order valence-electron chi connectivity index (χ0n) is 15.2. The van der Waals surface area contributed by atoms with Crippen molar-refractivity contribution in [3.8, 4) is 5.75 Å². The van der Waals surface area contributed by atoms with Crippen LogP contribution in [-0.2, 0) is 6.61 Å². The van der Waals surface area contributed by atoms with Crippen molar-refractivity contribution in [2.45, 2.75) is 27.4 Å². The molecule has 3 aromatic rings. The molecule has 0 radical (unpaired) electrons. The predicted molar refractivity (Wildman–Crippen MR) is 114 cm³/mol. The molecule has 0 saturated heterocycles. The Morgan fingerprint density at radius 1 is 1.07 bits per heavy atom. The Balaban J connectivity index is 1.66. The normalized spacial score (nSPS) is 10.7. The molecule has 0 aliphatic heterocycles. The number of halogens is 2. The highest BCUT2D eigenvalue weighted by molar-refractivity contribution is 7.12. The molecule has 3 nitrogen and oxygen atoms in total. The first-order valence-corrected chi connectivity index (χ1v) is 10.0. The van der Waals surface area contributed by atoms with Crippen molar-refractivity contribution in [3.63, 3.8) is 0 Å². The number of carbonyl (C=O) groups excluding carboxylic acids is 1. The maximum absolute atomic E-state index is 12.4. The second kappa shape index (κ2) is 8.34. The Morgan fingerprint density at radius 3 is 2.59 bits per heavy atom. The molecule has 1 N–H and O–H groups in total. The third kappa shape index (κ3) is 4.83. The number of amides is 1. The number of thiophene rings is 1. The summed E-state index contributed by atoms with van der Waals surface area (Å²) in [6, 6.07) is 11.0. The number of ether oxygens (including phenoxy) is 1. The van der Waals surface area contributed by atoms with E-state index in [0.717, 1.165) is 16.9 Å². The number of rotatable bonds is 5. The van der Waals surface area contributed by atoms with Gasteiger partial charge in [0, 0.05) is 11.3 Å². The molecule has 0 unspecified atom stereocenters. The van der Waals surface area contributed by atoms with Crippen LogP contribution in [0.25, 0.3) is 0 Å². The van der Waals surface area contributed by atoms with E-state index in [9.17, 15) is 4.79 Å². The fourth-order valence-electron chi connectivity index (χ4n) is 2.65. The fourth-order valence-corrected chi connectivity index (χ4v) is 3.74. The van der Waals surface area contributed by atoms with E-state index in [0.29, 0.717) is 27.2 Å². The summed E-state index contributed by atoms with van der Waals surface area (Å²) in [6.07, 6.45) is 0. The van der Waals surface area contributed by atoms with Gasteiger partial charge >= 0.3 is 0 Å². The van der Waals surface area contributed by atoms with Gasteiger partial charge < -0.3 is 10.1 Å². The second-order valence-electron chi connectivity index (χ2n) is 6.40. The first kappa shape index (κ1) is 19.7. The lowest BCUT2D eigenvalue weighted by Crippen LogP contribution is -2.10. The summed E-state index contributed by atoms with van der Waals surface area (Å²) < 4.78 is 5.97. The van der Waals surface area contributed by atoms with Crippen LogP contribution in [0.4, 0.5) is 5.69 Å². The Labute approximate surface area is 172 Å². The second-order valence-corrected chi connectivity index (χ2v) is 8.12. The highest BCUT2D eigenvalue weighted by Crippen LogP contribution is 2.27. The Kier molecular flexibility index (Phi) is 6.10. The van der Waals surface area contributed by atoms with Crippen molar-refractivity contribution in [3.05, 3.63) is 79.0 Å². The molecule has 140 valence electrons. The lowest BCUT2D eigenvalue weighted by molar-refractivity contribution is 0.103. The van der Waals surface area contributed by atoms with Crippen LogP contribution < -0.4 is 10.1 Å². The molecule has 2 aromatic carbocycles. The average Bonchev–Trinajstić information content (AvgIpc) is 3.09. The van der Waals surface area contributed by atoms with Gasteiger partial charge in [-0.1, -0.05) is 29.3 Å². The number of carbonyl (C=O) groups is 1. The SMILES string of the molecule is Cc1cc(C)c(C)c(OCc2csc(C(=O)Nc3ccc(Cl)c(Cl)c3)c2)c1. The monoisotopic (exact) mass is 419 g/mol. The van der Waals surface area contributed by atoms with Crippen molar-refractivity contribution in [2.24, 2.45) is 0 Å². The number of aryl methyl sites for hydroxylation is 2. The lowest BCUT2D eigenvalue weighted by Gasteiger charge is -2.11. The van der Waals surface area contributed by atoms with Crippen LogP contribution in [-0.4, -0.2) is 5.91 Å². The van der Waals surface area contributed by atoms with Gasteiger partial charge in [0.05, 0.1) is 14.9 Å². The molecule has 0 aliphatic rings. The third-order valence-electron chi connectivity index (χ3n) is 4.21. The van der Waals surface area contributed by atoms with Crippen LogP contribution in [0.15, 0.2) is 41.8 Å².